The largest absolute Gasteiger partial charge is 0.468 e. The van der Waals surface area contributed by atoms with E-state index in [4.69, 9.17) is 4.42 Å². The van der Waals surface area contributed by atoms with E-state index in [1.54, 1.807) is 24.1 Å². The van der Waals surface area contributed by atoms with Gasteiger partial charge in [0, 0.05) is 16.6 Å². The van der Waals surface area contributed by atoms with Crippen LogP contribution in [0.5, 0.6) is 0 Å². The highest BCUT2D eigenvalue weighted by Crippen LogP contribution is 2.21. The summed E-state index contributed by atoms with van der Waals surface area (Å²) in [6, 6.07) is 11.1. The summed E-state index contributed by atoms with van der Waals surface area (Å²) in [5, 5.41) is 2.90. The fourth-order valence-corrected chi connectivity index (χ4v) is 5.29. The third-order valence-corrected chi connectivity index (χ3v) is 6.84. The minimum absolute atomic E-state index is 0.0863. The molecule has 1 N–H and O–H groups in total. The molecule has 1 atom stereocenters. The summed E-state index contributed by atoms with van der Waals surface area (Å²) < 4.78 is 29.1. The molecule has 1 aromatic carbocycles. The van der Waals surface area contributed by atoms with Crippen LogP contribution in [-0.4, -0.2) is 49.6 Å². The number of hydrogen-bond donors (Lipinski definition) is 1. The van der Waals surface area contributed by atoms with Gasteiger partial charge in [0.1, 0.15) is 5.76 Å². The van der Waals surface area contributed by atoms with Gasteiger partial charge in [-0.3, -0.25) is 9.69 Å². The molecular weight excluding hydrogens is 372 g/mol. The van der Waals surface area contributed by atoms with E-state index < -0.39 is 9.84 Å². The van der Waals surface area contributed by atoms with Gasteiger partial charge in [-0.2, -0.15) is 0 Å². The van der Waals surface area contributed by atoms with Crippen LogP contribution in [-0.2, 0) is 21.2 Å². The van der Waals surface area contributed by atoms with E-state index in [0.717, 1.165) is 10.6 Å². The van der Waals surface area contributed by atoms with E-state index in [1.807, 2.05) is 41.5 Å². The van der Waals surface area contributed by atoms with Crippen LogP contribution in [0.15, 0.2) is 52.0 Å². The van der Waals surface area contributed by atoms with Crippen LogP contribution in [0.25, 0.3) is 0 Å². The Morgan fingerprint density at radius 1 is 1.35 bits per heavy atom. The first-order chi connectivity index (χ1) is 12.4. The quantitative estimate of drug-likeness (QED) is 0.727. The molecule has 140 valence electrons. The van der Waals surface area contributed by atoms with Crippen LogP contribution in [0.3, 0.4) is 0 Å². The SMILES string of the molecule is CSc1cccc(NC(=O)CN(Cc2ccco2)C2CCS(=O)(=O)C2)c1. The monoisotopic (exact) mass is 394 g/mol. The number of amides is 1. The Morgan fingerprint density at radius 2 is 2.19 bits per heavy atom. The van der Waals surface area contributed by atoms with Gasteiger partial charge in [-0.1, -0.05) is 6.07 Å². The molecule has 1 unspecified atom stereocenters. The van der Waals surface area contributed by atoms with Crippen molar-refractivity contribution >= 4 is 33.2 Å². The minimum Gasteiger partial charge on any atom is -0.468 e. The Bertz CT molecular complexity index is 850. The first kappa shape index (κ1) is 19.0. The summed E-state index contributed by atoms with van der Waals surface area (Å²) >= 11 is 1.61. The zero-order chi connectivity index (χ0) is 18.6. The zero-order valence-corrected chi connectivity index (χ0v) is 16.2. The topological polar surface area (TPSA) is 79.6 Å². The van der Waals surface area contributed by atoms with Gasteiger partial charge in [-0.15, -0.1) is 11.8 Å². The number of anilines is 1. The van der Waals surface area contributed by atoms with E-state index in [2.05, 4.69) is 5.32 Å². The fraction of sp³-hybridized carbons (Fsp3) is 0.389. The molecule has 3 rings (SSSR count). The highest BCUT2D eigenvalue weighted by Gasteiger charge is 2.33. The number of benzene rings is 1. The summed E-state index contributed by atoms with van der Waals surface area (Å²) in [5.74, 6) is 0.803. The van der Waals surface area contributed by atoms with Crippen molar-refractivity contribution < 1.29 is 17.6 Å². The second-order valence-corrected chi connectivity index (χ2v) is 9.43. The maximum absolute atomic E-state index is 12.5. The molecule has 1 saturated heterocycles. The van der Waals surface area contributed by atoms with Crippen molar-refractivity contribution in [3.63, 3.8) is 0 Å². The summed E-state index contributed by atoms with van der Waals surface area (Å²) in [4.78, 5) is 15.5. The molecule has 2 heterocycles. The Kier molecular flexibility index (Phi) is 6.05. The Hall–Kier alpha value is -1.77. The summed E-state index contributed by atoms with van der Waals surface area (Å²) in [5.41, 5.74) is 0.735. The molecule has 0 bridgehead atoms. The number of rotatable bonds is 7. The van der Waals surface area contributed by atoms with Crippen LogP contribution < -0.4 is 5.32 Å². The maximum atomic E-state index is 12.5. The first-order valence-corrected chi connectivity index (χ1v) is 11.4. The van der Waals surface area contributed by atoms with Gasteiger partial charge in [0.05, 0.1) is 30.9 Å². The molecule has 8 heteroatoms. The third kappa shape index (κ3) is 5.12. The minimum atomic E-state index is -3.03. The van der Waals surface area contributed by atoms with Gasteiger partial charge in [-0.25, -0.2) is 8.42 Å². The normalized spacial score (nSPS) is 18.9. The number of nitrogens with zero attached hydrogens (tertiary/aromatic N) is 1. The molecule has 1 aliphatic rings. The van der Waals surface area contributed by atoms with Crippen LogP contribution in [0, 0.1) is 0 Å². The van der Waals surface area contributed by atoms with E-state index in [9.17, 15) is 13.2 Å². The fourth-order valence-electron chi connectivity index (χ4n) is 3.07. The third-order valence-electron chi connectivity index (χ3n) is 4.36. The number of thioether (sulfide) groups is 1. The van der Waals surface area contributed by atoms with E-state index in [0.29, 0.717) is 18.7 Å². The molecule has 1 amide bonds. The van der Waals surface area contributed by atoms with Gasteiger partial charge in [-0.05, 0) is 43.0 Å². The number of nitrogens with one attached hydrogen (secondary N) is 1. The predicted molar refractivity (Wildman–Crippen MR) is 103 cm³/mol. The molecule has 0 saturated carbocycles. The molecule has 1 aromatic heterocycles. The van der Waals surface area contributed by atoms with Gasteiger partial charge >= 0.3 is 0 Å². The number of carbonyl (C=O) groups excluding carboxylic acids is 1. The highest BCUT2D eigenvalue weighted by atomic mass is 32.2. The van der Waals surface area contributed by atoms with Gasteiger partial charge < -0.3 is 9.73 Å². The number of carbonyl (C=O) groups is 1. The lowest BCUT2D eigenvalue weighted by molar-refractivity contribution is -0.118. The van der Waals surface area contributed by atoms with Crippen LogP contribution in [0.4, 0.5) is 5.69 Å². The zero-order valence-electron chi connectivity index (χ0n) is 14.6. The molecule has 0 spiro atoms. The molecule has 2 aromatic rings. The summed E-state index contributed by atoms with van der Waals surface area (Å²) in [7, 11) is -3.03. The Labute approximate surface area is 157 Å². The van der Waals surface area contributed by atoms with Crippen LogP contribution >= 0.6 is 11.8 Å². The molecule has 6 nitrogen and oxygen atoms in total. The number of hydrogen-bond acceptors (Lipinski definition) is 6. The maximum Gasteiger partial charge on any atom is 0.238 e. The number of furan rings is 1. The van der Waals surface area contributed by atoms with Crippen molar-refractivity contribution in [2.45, 2.75) is 23.9 Å². The van der Waals surface area contributed by atoms with Crippen molar-refractivity contribution in [3.05, 3.63) is 48.4 Å². The Morgan fingerprint density at radius 3 is 2.85 bits per heavy atom. The van der Waals surface area contributed by atoms with Crippen molar-refractivity contribution in [2.24, 2.45) is 0 Å². The Balaban J connectivity index is 1.69. The highest BCUT2D eigenvalue weighted by molar-refractivity contribution is 7.98. The van der Waals surface area contributed by atoms with Crippen molar-refractivity contribution in [2.75, 3.05) is 29.6 Å². The van der Waals surface area contributed by atoms with Gasteiger partial charge in [0.25, 0.3) is 0 Å². The second-order valence-electron chi connectivity index (χ2n) is 6.32. The second kappa shape index (κ2) is 8.28. The molecule has 26 heavy (non-hydrogen) atoms. The molecule has 1 fully saturated rings. The lowest BCUT2D eigenvalue weighted by Gasteiger charge is -2.26. The van der Waals surface area contributed by atoms with Crippen molar-refractivity contribution in [1.82, 2.24) is 4.90 Å². The van der Waals surface area contributed by atoms with Crippen LogP contribution in [0.1, 0.15) is 12.2 Å². The smallest absolute Gasteiger partial charge is 0.238 e. The predicted octanol–water partition coefficient (Wildman–Crippen LogP) is 2.63. The van der Waals surface area contributed by atoms with Crippen LogP contribution in [0.2, 0.25) is 0 Å². The van der Waals surface area contributed by atoms with E-state index in [1.165, 1.54) is 0 Å². The number of sulfone groups is 1. The molecule has 0 radical (unpaired) electrons. The standard InChI is InChI=1S/C18H22N2O4S2/c1-25-17-6-2-4-14(10-17)19-18(21)12-20(11-16-5-3-8-24-16)15-7-9-26(22,23)13-15/h2-6,8,10,15H,7,9,11-13H2,1H3,(H,19,21). The molecule has 0 aliphatic carbocycles. The lowest BCUT2D eigenvalue weighted by Crippen LogP contribution is -2.41. The average molecular weight is 395 g/mol. The van der Waals surface area contributed by atoms with Gasteiger partial charge in [0.2, 0.25) is 5.91 Å². The lowest BCUT2D eigenvalue weighted by atomic mass is 10.2. The average Bonchev–Trinajstić information content (AvgIpc) is 3.23. The summed E-state index contributed by atoms with van der Waals surface area (Å²) in [6.45, 7) is 0.524. The van der Waals surface area contributed by atoms with Crippen molar-refractivity contribution in [3.8, 4) is 0 Å². The van der Waals surface area contributed by atoms with E-state index in [-0.39, 0.29) is 30.0 Å². The summed E-state index contributed by atoms with van der Waals surface area (Å²) in [6.07, 6.45) is 4.09. The van der Waals surface area contributed by atoms with Crippen molar-refractivity contribution in [1.29, 1.82) is 0 Å². The van der Waals surface area contributed by atoms with E-state index >= 15 is 0 Å². The molecular formula is C18H22N2O4S2. The first-order valence-electron chi connectivity index (χ1n) is 8.36. The molecule has 1 aliphatic heterocycles. The van der Waals surface area contributed by atoms with Gasteiger partial charge in [0.15, 0.2) is 9.84 Å².